The van der Waals surface area contributed by atoms with Gasteiger partial charge in [-0.25, -0.2) is 0 Å². The third-order valence-electron chi connectivity index (χ3n) is 3.19. The first-order valence-electron chi connectivity index (χ1n) is 7.00. The molecule has 1 aromatic rings. The standard InChI is InChI=1S/C17H24N2O/c1-13(2)9-11-19(4)17(20)16-8-7-15(6-5-10-18)14(3)12-16/h7-8,12-13H,9-11,18H2,1-4H3. The van der Waals surface area contributed by atoms with Crippen molar-refractivity contribution in [2.45, 2.75) is 27.2 Å². The normalized spacial score (nSPS) is 10.1. The van der Waals surface area contributed by atoms with Gasteiger partial charge in [-0.3, -0.25) is 4.79 Å². The summed E-state index contributed by atoms with van der Waals surface area (Å²) in [6.07, 6.45) is 1.02. The van der Waals surface area contributed by atoms with Crippen molar-refractivity contribution in [2.75, 3.05) is 20.1 Å². The molecular weight excluding hydrogens is 248 g/mol. The zero-order chi connectivity index (χ0) is 15.1. The molecule has 0 heterocycles. The highest BCUT2D eigenvalue weighted by atomic mass is 16.2. The predicted octanol–water partition coefficient (Wildman–Crippen LogP) is 2.42. The Morgan fingerprint density at radius 3 is 2.65 bits per heavy atom. The number of benzene rings is 1. The molecule has 0 aliphatic rings. The van der Waals surface area contributed by atoms with E-state index in [1.807, 2.05) is 32.2 Å². The van der Waals surface area contributed by atoms with Crippen LogP contribution in [0.5, 0.6) is 0 Å². The van der Waals surface area contributed by atoms with Crippen LogP contribution in [0.3, 0.4) is 0 Å². The van der Waals surface area contributed by atoms with E-state index in [0.29, 0.717) is 18.0 Å². The van der Waals surface area contributed by atoms with Crippen LogP contribution in [0.25, 0.3) is 0 Å². The van der Waals surface area contributed by atoms with Crippen molar-refractivity contribution in [3.05, 3.63) is 34.9 Å². The molecule has 0 aliphatic carbocycles. The summed E-state index contributed by atoms with van der Waals surface area (Å²) in [5.74, 6) is 6.50. The van der Waals surface area contributed by atoms with Crippen LogP contribution in [0, 0.1) is 24.7 Å². The Hall–Kier alpha value is -1.79. The van der Waals surface area contributed by atoms with Gasteiger partial charge in [0.05, 0.1) is 6.54 Å². The molecule has 108 valence electrons. The first-order valence-corrected chi connectivity index (χ1v) is 7.00. The van der Waals surface area contributed by atoms with E-state index in [9.17, 15) is 4.79 Å². The Kier molecular flexibility index (Phi) is 6.27. The zero-order valence-corrected chi connectivity index (χ0v) is 12.9. The summed E-state index contributed by atoms with van der Waals surface area (Å²) in [6, 6.07) is 5.62. The van der Waals surface area contributed by atoms with E-state index in [2.05, 4.69) is 25.7 Å². The predicted molar refractivity (Wildman–Crippen MR) is 83.5 cm³/mol. The molecule has 1 amide bonds. The van der Waals surface area contributed by atoms with Crippen molar-refractivity contribution in [1.29, 1.82) is 0 Å². The molecule has 0 radical (unpaired) electrons. The van der Waals surface area contributed by atoms with E-state index in [1.165, 1.54) is 0 Å². The van der Waals surface area contributed by atoms with E-state index in [1.54, 1.807) is 4.90 Å². The van der Waals surface area contributed by atoms with Gasteiger partial charge in [-0.05, 0) is 43.0 Å². The van der Waals surface area contributed by atoms with Crippen molar-refractivity contribution < 1.29 is 4.79 Å². The molecule has 0 saturated heterocycles. The van der Waals surface area contributed by atoms with Crippen molar-refractivity contribution in [3.8, 4) is 11.8 Å². The number of aryl methyl sites for hydroxylation is 1. The average Bonchev–Trinajstić information content (AvgIpc) is 2.42. The lowest BCUT2D eigenvalue weighted by atomic mass is 10.0. The van der Waals surface area contributed by atoms with Crippen molar-refractivity contribution >= 4 is 5.91 Å². The molecule has 0 unspecified atom stereocenters. The lowest BCUT2D eigenvalue weighted by molar-refractivity contribution is 0.0789. The van der Waals surface area contributed by atoms with Gasteiger partial charge in [0.2, 0.25) is 0 Å². The summed E-state index contributed by atoms with van der Waals surface area (Å²) < 4.78 is 0. The second kappa shape index (κ2) is 7.72. The van der Waals surface area contributed by atoms with Gasteiger partial charge in [-0.1, -0.05) is 25.7 Å². The smallest absolute Gasteiger partial charge is 0.253 e. The molecule has 0 atom stereocenters. The van der Waals surface area contributed by atoms with Gasteiger partial charge in [-0.2, -0.15) is 0 Å². The maximum atomic E-state index is 12.3. The number of hydrogen-bond donors (Lipinski definition) is 1. The largest absolute Gasteiger partial charge is 0.342 e. The minimum Gasteiger partial charge on any atom is -0.342 e. The molecule has 20 heavy (non-hydrogen) atoms. The molecule has 0 saturated carbocycles. The number of nitrogens with zero attached hydrogens (tertiary/aromatic N) is 1. The Bertz CT molecular complexity index is 524. The Balaban J connectivity index is 2.81. The Labute approximate surface area is 122 Å². The lowest BCUT2D eigenvalue weighted by Crippen LogP contribution is -2.28. The minimum absolute atomic E-state index is 0.0621. The van der Waals surface area contributed by atoms with Crippen molar-refractivity contribution in [3.63, 3.8) is 0 Å². The minimum atomic E-state index is 0.0621. The van der Waals surface area contributed by atoms with Gasteiger partial charge in [-0.15, -0.1) is 0 Å². The van der Waals surface area contributed by atoms with Gasteiger partial charge >= 0.3 is 0 Å². The molecule has 0 spiro atoms. The fourth-order valence-corrected chi connectivity index (χ4v) is 1.86. The topological polar surface area (TPSA) is 46.3 Å². The van der Waals surface area contributed by atoms with Crippen LogP contribution in [0.4, 0.5) is 0 Å². The van der Waals surface area contributed by atoms with Crippen molar-refractivity contribution in [1.82, 2.24) is 4.90 Å². The fraction of sp³-hybridized carbons (Fsp3) is 0.471. The van der Waals surface area contributed by atoms with E-state index in [4.69, 9.17) is 5.73 Å². The van der Waals surface area contributed by atoms with E-state index in [0.717, 1.165) is 24.1 Å². The second-order valence-corrected chi connectivity index (χ2v) is 5.44. The summed E-state index contributed by atoms with van der Waals surface area (Å²) in [6.45, 7) is 7.41. The number of carbonyl (C=O) groups is 1. The van der Waals surface area contributed by atoms with Crippen LogP contribution < -0.4 is 5.73 Å². The van der Waals surface area contributed by atoms with Crippen LogP contribution in [-0.2, 0) is 0 Å². The van der Waals surface area contributed by atoms with Crippen LogP contribution in [0.1, 0.15) is 41.8 Å². The fourth-order valence-electron chi connectivity index (χ4n) is 1.86. The van der Waals surface area contributed by atoms with Crippen molar-refractivity contribution in [2.24, 2.45) is 11.7 Å². The maximum Gasteiger partial charge on any atom is 0.253 e. The molecule has 0 aliphatic heterocycles. The third kappa shape index (κ3) is 4.71. The van der Waals surface area contributed by atoms with Gasteiger partial charge in [0, 0.05) is 24.7 Å². The average molecular weight is 272 g/mol. The first kappa shape index (κ1) is 16.3. The SMILES string of the molecule is Cc1cc(C(=O)N(C)CCC(C)C)ccc1C#CCN. The summed E-state index contributed by atoms with van der Waals surface area (Å²) in [5.41, 5.74) is 8.02. The quantitative estimate of drug-likeness (QED) is 0.856. The highest BCUT2D eigenvalue weighted by molar-refractivity contribution is 5.94. The molecule has 0 fully saturated rings. The van der Waals surface area contributed by atoms with Crippen LogP contribution in [-0.4, -0.2) is 30.9 Å². The number of nitrogens with two attached hydrogens (primary N) is 1. The van der Waals surface area contributed by atoms with E-state index < -0.39 is 0 Å². The Morgan fingerprint density at radius 2 is 2.10 bits per heavy atom. The van der Waals surface area contributed by atoms with Crippen LogP contribution >= 0.6 is 0 Å². The van der Waals surface area contributed by atoms with Gasteiger partial charge in [0.1, 0.15) is 0 Å². The molecule has 1 rings (SSSR count). The highest BCUT2D eigenvalue weighted by Crippen LogP contribution is 2.12. The number of rotatable bonds is 4. The molecule has 3 nitrogen and oxygen atoms in total. The van der Waals surface area contributed by atoms with Gasteiger partial charge in [0.15, 0.2) is 0 Å². The maximum absolute atomic E-state index is 12.3. The van der Waals surface area contributed by atoms with Gasteiger partial charge in [0.25, 0.3) is 5.91 Å². The third-order valence-corrected chi connectivity index (χ3v) is 3.19. The molecular formula is C17H24N2O. The summed E-state index contributed by atoms with van der Waals surface area (Å²) in [4.78, 5) is 14.1. The zero-order valence-electron chi connectivity index (χ0n) is 12.9. The number of amides is 1. The summed E-state index contributed by atoms with van der Waals surface area (Å²) in [5, 5.41) is 0. The first-order chi connectivity index (χ1) is 9.45. The van der Waals surface area contributed by atoms with E-state index >= 15 is 0 Å². The number of hydrogen-bond acceptors (Lipinski definition) is 2. The lowest BCUT2D eigenvalue weighted by Gasteiger charge is -2.18. The summed E-state index contributed by atoms with van der Waals surface area (Å²) in [7, 11) is 1.85. The highest BCUT2D eigenvalue weighted by Gasteiger charge is 2.12. The molecule has 0 bridgehead atoms. The second-order valence-electron chi connectivity index (χ2n) is 5.44. The Morgan fingerprint density at radius 1 is 1.40 bits per heavy atom. The molecule has 3 heteroatoms. The van der Waals surface area contributed by atoms with E-state index in [-0.39, 0.29) is 5.91 Å². The van der Waals surface area contributed by atoms with Gasteiger partial charge < -0.3 is 10.6 Å². The molecule has 1 aromatic carbocycles. The number of carbonyl (C=O) groups excluding carboxylic acids is 1. The summed E-state index contributed by atoms with van der Waals surface area (Å²) >= 11 is 0. The molecule has 2 N–H and O–H groups in total. The van der Waals surface area contributed by atoms with Crippen LogP contribution in [0.15, 0.2) is 18.2 Å². The molecule has 0 aromatic heterocycles. The monoisotopic (exact) mass is 272 g/mol. The van der Waals surface area contributed by atoms with Crippen LogP contribution in [0.2, 0.25) is 0 Å².